The molecule has 0 aliphatic carbocycles. The molecular weight excluding hydrogens is 446 g/mol. The summed E-state index contributed by atoms with van der Waals surface area (Å²) in [6.07, 6.45) is 6.14. The van der Waals surface area contributed by atoms with Crippen LogP contribution in [0.2, 0.25) is 0 Å². The Morgan fingerprint density at radius 1 is 1.23 bits per heavy atom. The molecule has 182 valence electrons. The lowest BCUT2D eigenvalue weighted by atomic mass is 10.1. The molecule has 35 heavy (non-hydrogen) atoms. The number of ether oxygens (including phenoxy) is 1. The topological polar surface area (TPSA) is 124 Å². The number of anilines is 1. The fraction of sp³-hybridized carbons (Fsp3) is 0.308. The predicted octanol–water partition coefficient (Wildman–Crippen LogP) is 2.66. The van der Waals surface area contributed by atoms with Gasteiger partial charge in [-0.15, -0.1) is 0 Å². The van der Waals surface area contributed by atoms with Crippen LogP contribution in [-0.4, -0.2) is 51.1 Å². The van der Waals surface area contributed by atoms with Crippen molar-refractivity contribution in [3.05, 3.63) is 71.3 Å². The summed E-state index contributed by atoms with van der Waals surface area (Å²) in [5.41, 5.74) is 8.50. The first-order valence-electron chi connectivity index (χ1n) is 11.1. The molecule has 0 radical (unpaired) electrons. The number of hydrogen-bond acceptors (Lipinski definition) is 6. The van der Waals surface area contributed by atoms with E-state index < -0.39 is 11.6 Å². The van der Waals surface area contributed by atoms with E-state index in [1.165, 1.54) is 0 Å². The molecule has 0 atom stereocenters. The van der Waals surface area contributed by atoms with E-state index in [0.717, 1.165) is 27.1 Å². The minimum Gasteiger partial charge on any atom is -0.491 e. The Bertz CT molecular complexity index is 1260. The maximum atomic E-state index is 11.8. The summed E-state index contributed by atoms with van der Waals surface area (Å²) in [6, 6.07) is 8.81. The van der Waals surface area contributed by atoms with Crippen LogP contribution in [0.25, 0.3) is 0 Å². The van der Waals surface area contributed by atoms with Crippen molar-refractivity contribution in [2.24, 2.45) is 5.73 Å². The normalized spacial score (nSPS) is 12.8. The molecule has 1 aromatic carbocycles. The SMILES string of the molecule is CN1C(=O)CCOc2ccc(C#CC(C)(C)O)cc21.Cc1ccc(Cc2cnn(C(N)=O)c2)cn1. The number of carbonyl (C=O) groups excluding carboxylic acids is 2. The van der Waals surface area contributed by atoms with Crippen LogP contribution in [-0.2, 0) is 11.2 Å². The number of amides is 2. The van der Waals surface area contributed by atoms with Gasteiger partial charge < -0.3 is 20.5 Å². The number of pyridine rings is 1. The minimum absolute atomic E-state index is 0.0198. The third-order valence-electron chi connectivity index (χ3n) is 5.02. The monoisotopic (exact) mass is 475 g/mol. The maximum Gasteiger partial charge on any atom is 0.339 e. The highest BCUT2D eigenvalue weighted by Gasteiger charge is 2.20. The summed E-state index contributed by atoms with van der Waals surface area (Å²) in [4.78, 5) is 28.4. The summed E-state index contributed by atoms with van der Waals surface area (Å²) >= 11 is 0. The number of carbonyl (C=O) groups is 2. The lowest BCUT2D eigenvalue weighted by molar-refractivity contribution is -0.118. The second kappa shape index (κ2) is 10.8. The van der Waals surface area contributed by atoms with Gasteiger partial charge in [0.15, 0.2) is 0 Å². The van der Waals surface area contributed by atoms with Gasteiger partial charge in [0.2, 0.25) is 5.91 Å². The second-order valence-electron chi connectivity index (χ2n) is 8.66. The summed E-state index contributed by atoms with van der Waals surface area (Å²) < 4.78 is 6.65. The molecule has 0 bridgehead atoms. The summed E-state index contributed by atoms with van der Waals surface area (Å²) in [5.74, 6) is 6.35. The quantitative estimate of drug-likeness (QED) is 0.549. The fourth-order valence-electron chi connectivity index (χ4n) is 3.17. The van der Waals surface area contributed by atoms with Crippen molar-refractivity contribution < 1.29 is 19.4 Å². The Labute approximate surface area is 204 Å². The first-order chi connectivity index (χ1) is 16.5. The summed E-state index contributed by atoms with van der Waals surface area (Å²) in [7, 11) is 1.73. The van der Waals surface area contributed by atoms with Crippen molar-refractivity contribution in [2.45, 2.75) is 39.2 Å². The number of aliphatic hydroxyl groups is 1. The summed E-state index contributed by atoms with van der Waals surface area (Å²) in [6.45, 7) is 5.59. The maximum absolute atomic E-state index is 11.8. The molecule has 9 nitrogen and oxygen atoms in total. The van der Waals surface area contributed by atoms with E-state index in [0.29, 0.717) is 30.9 Å². The van der Waals surface area contributed by atoms with Gasteiger partial charge in [-0.25, -0.2) is 4.79 Å². The van der Waals surface area contributed by atoms with E-state index in [9.17, 15) is 14.7 Å². The fourth-order valence-corrected chi connectivity index (χ4v) is 3.17. The van der Waals surface area contributed by atoms with Crippen molar-refractivity contribution in [1.29, 1.82) is 0 Å². The van der Waals surface area contributed by atoms with Gasteiger partial charge in [-0.1, -0.05) is 17.9 Å². The van der Waals surface area contributed by atoms with Crippen LogP contribution in [0.5, 0.6) is 5.75 Å². The van der Waals surface area contributed by atoms with Crippen LogP contribution in [0.1, 0.15) is 42.7 Å². The minimum atomic E-state index is -1.04. The molecule has 4 rings (SSSR count). The number of primary amides is 1. The largest absolute Gasteiger partial charge is 0.491 e. The van der Waals surface area contributed by atoms with Gasteiger partial charge in [-0.2, -0.15) is 9.78 Å². The number of rotatable bonds is 2. The molecular formula is C26H29N5O4. The van der Waals surface area contributed by atoms with Gasteiger partial charge in [0.25, 0.3) is 0 Å². The molecule has 0 unspecified atom stereocenters. The zero-order valence-electron chi connectivity index (χ0n) is 20.3. The Hall–Kier alpha value is -4.16. The number of aromatic nitrogens is 3. The third-order valence-corrected chi connectivity index (χ3v) is 5.02. The first kappa shape index (κ1) is 25.5. The van der Waals surface area contributed by atoms with Crippen LogP contribution < -0.4 is 15.4 Å². The highest BCUT2D eigenvalue weighted by Crippen LogP contribution is 2.31. The Morgan fingerprint density at radius 2 is 2.00 bits per heavy atom. The Balaban J connectivity index is 0.000000198. The van der Waals surface area contributed by atoms with E-state index in [-0.39, 0.29) is 5.91 Å². The molecule has 3 N–H and O–H groups in total. The molecule has 0 fully saturated rings. The van der Waals surface area contributed by atoms with Crippen molar-refractivity contribution in [2.75, 3.05) is 18.6 Å². The average Bonchev–Trinajstić information content (AvgIpc) is 3.23. The van der Waals surface area contributed by atoms with Crippen LogP contribution >= 0.6 is 0 Å². The first-order valence-corrected chi connectivity index (χ1v) is 11.1. The van der Waals surface area contributed by atoms with Crippen molar-refractivity contribution in [1.82, 2.24) is 14.8 Å². The molecule has 1 aliphatic rings. The highest BCUT2D eigenvalue weighted by molar-refractivity contribution is 5.95. The molecule has 1 aliphatic heterocycles. The summed E-state index contributed by atoms with van der Waals surface area (Å²) in [5, 5.41) is 13.4. The molecule has 3 heterocycles. The Morgan fingerprint density at radius 3 is 2.63 bits per heavy atom. The molecule has 0 spiro atoms. The molecule has 0 saturated heterocycles. The smallest absolute Gasteiger partial charge is 0.339 e. The van der Waals surface area contributed by atoms with Gasteiger partial charge in [-0.3, -0.25) is 9.78 Å². The molecule has 2 amide bonds. The zero-order chi connectivity index (χ0) is 25.6. The van der Waals surface area contributed by atoms with Crippen molar-refractivity contribution >= 4 is 17.6 Å². The van der Waals surface area contributed by atoms with E-state index in [4.69, 9.17) is 10.5 Å². The standard InChI is InChI=1S/C15H17NO3.C11H12N4O/c1-15(2,18)8-6-11-4-5-13-12(10-11)16(3)14(17)7-9-19-13;1-8-2-3-9(5-13-8)4-10-6-14-15(7-10)11(12)16/h4-5,10,18H,7,9H2,1-3H3;2-3,5-7H,4H2,1H3,(H2,12,16). The van der Waals surface area contributed by atoms with E-state index >= 15 is 0 Å². The number of nitrogens with zero attached hydrogens (tertiary/aromatic N) is 4. The van der Waals surface area contributed by atoms with E-state index in [1.807, 2.05) is 31.3 Å². The van der Waals surface area contributed by atoms with Gasteiger partial charge in [0.05, 0.1) is 24.9 Å². The van der Waals surface area contributed by atoms with Gasteiger partial charge >= 0.3 is 6.03 Å². The van der Waals surface area contributed by atoms with Crippen molar-refractivity contribution in [3.8, 4) is 17.6 Å². The van der Waals surface area contributed by atoms with Crippen molar-refractivity contribution in [3.63, 3.8) is 0 Å². The predicted molar refractivity (Wildman–Crippen MR) is 132 cm³/mol. The number of aryl methyl sites for hydroxylation is 1. The van der Waals surface area contributed by atoms with E-state index in [1.54, 1.807) is 50.3 Å². The van der Waals surface area contributed by atoms with Crippen LogP contribution in [0.4, 0.5) is 10.5 Å². The van der Waals surface area contributed by atoms with Crippen LogP contribution in [0.15, 0.2) is 48.9 Å². The lowest BCUT2D eigenvalue weighted by Crippen LogP contribution is -2.25. The number of fused-ring (bicyclic) bond motifs is 1. The lowest BCUT2D eigenvalue weighted by Gasteiger charge is -2.16. The zero-order valence-corrected chi connectivity index (χ0v) is 20.3. The average molecular weight is 476 g/mol. The number of benzene rings is 1. The highest BCUT2D eigenvalue weighted by atomic mass is 16.5. The van der Waals surface area contributed by atoms with E-state index in [2.05, 4.69) is 21.9 Å². The third kappa shape index (κ3) is 7.42. The van der Waals surface area contributed by atoms with Gasteiger partial charge in [0.1, 0.15) is 11.4 Å². The molecule has 9 heteroatoms. The molecule has 3 aromatic rings. The van der Waals surface area contributed by atoms with Crippen LogP contribution in [0.3, 0.4) is 0 Å². The Kier molecular flexibility index (Phi) is 7.89. The second-order valence-corrected chi connectivity index (χ2v) is 8.66. The molecule has 2 aromatic heterocycles. The number of hydrogen-bond donors (Lipinski definition) is 2. The van der Waals surface area contributed by atoms with Gasteiger partial charge in [0, 0.05) is 37.1 Å². The molecule has 0 saturated carbocycles. The van der Waals surface area contributed by atoms with Gasteiger partial charge in [-0.05, 0) is 56.2 Å². The number of nitrogens with two attached hydrogens (primary N) is 1. The van der Waals surface area contributed by atoms with Crippen LogP contribution in [0, 0.1) is 18.8 Å².